The summed E-state index contributed by atoms with van der Waals surface area (Å²) in [4.78, 5) is 40.2. The number of carboxylic acids is 1. The Bertz CT molecular complexity index is 2110. The van der Waals surface area contributed by atoms with E-state index < -0.39 is 110 Å². The molecule has 0 bridgehead atoms. The van der Waals surface area contributed by atoms with Gasteiger partial charge in [-0.15, -0.1) is 0 Å². The normalized spacial score (nSPS) is 18.6. The van der Waals surface area contributed by atoms with Crippen molar-refractivity contribution in [1.82, 2.24) is 14.8 Å². The van der Waals surface area contributed by atoms with E-state index in [4.69, 9.17) is 4.74 Å². The minimum atomic E-state index is -5.26. The molecule has 0 spiro atoms. The highest BCUT2D eigenvalue weighted by Gasteiger charge is 2.67. The lowest BCUT2D eigenvalue weighted by Crippen LogP contribution is -2.73. The van der Waals surface area contributed by atoms with E-state index in [2.05, 4.69) is 0 Å². The molecule has 52 heavy (non-hydrogen) atoms. The maximum atomic E-state index is 14.7. The second-order valence-electron chi connectivity index (χ2n) is 13.1. The van der Waals surface area contributed by atoms with Crippen molar-refractivity contribution >= 4 is 33.6 Å². The number of para-hydroxylation sites is 1. The van der Waals surface area contributed by atoms with Gasteiger partial charge in [0.2, 0.25) is 5.91 Å². The van der Waals surface area contributed by atoms with Crippen molar-refractivity contribution in [1.29, 1.82) is 0 Å². The van der Waals surface area contributed by atoms with Gasteiger partial charge in [0.05, 0.1) is 29.9 Å². The van der Waals surface area contributed by atoms with Crippen molar-refractivity contribution in [3.05, 3.63) is 82.1 Å². The molecule has 2 saturated heterocycles. The van der Waals surface area contributed by atoms with Gasteiger partial charge in [-0.1, -0.05) is 54.6 Å². The van der Waals surface area contributed by atoms with Crippen LogP contribution in [0.3, 0.4) is 0 Å². The minimum Gasteiger partial charge on any atom is -0.480 e. The Kier molecular flexibility index (Phi) is 9.13. The molecule has 3 aromatic carbocycles. The summed E-state index contributed by atoms with van der Waals surface area (Å²) in [5, 5.41) is 12.0. The Morgan fingerprint density at radius 3 is 2.00 bits per heavy atom. The fourth-order valence-electron chi connectivity index (χ4n) is 7.30. The van der Waals surface area contributed by atoms with E-state index in [1.54, 1.807) is 0 Å². The van der Waals surface area contributed by atoms with Crippen molar-refractivity contribution in [2.45, 2.75) is 49.4 Å². The summed E-state index contributed by atoms with van der Waals surface area (Å²) in [6.45, 7) is -3.09. The fraction of sp³-hybridized carbons (Fsp3) is 0.400. The lowest BCUT2D eigenvalue weighted by molar-refractivity contribution is -0.315. The second kappa shape index (κ2) is 12.8. The van der Waals surface area contributed by atoms with Crippen LogP contribution in [0.4, 0.5) is 39.5 Å². The number of aryl methyl sites for hydroxylation is 1. The van der Waals surface area contributed by atoms with Gasteiger partial charge in [-0.05, 0) is 40.8 Å². The molecule has 3 heterocycles. The SMILES string of the molecule is Cn1c(=O)c(-c2cccc3c(C[C@H](NC(=O)C4(C(F)(F)F)CCN(C5(C(F)(F)F)COC5)CC4)C(=O)O)cccc23)c(C(F)(F)F)c2ccccc21. The summed E-state index contributed by atoms with van der Waals surface area (Å²) in [6, 6.07) is 11.7. The van der Waals surface area contributed by atoms with E-state index >= 15 is 0 Å². The zero-order valence-electron chi connectivity index (χ0n) is 27.2. The Morgan fingerprint density at radius 2 is 1.44 bits per heavy atom. The highest BCUT2D eigenvalue weighted by molar-refractivity contribution is 6.02. The first-order valence-corrected chi connectivity index (χ1v) is 15.9. The maximum absolute atomic E-state index is 14.7. The number of halogens is 9. The Hall–Kier alpha value is -4.64. The van der Waals surface area contributed by atoms with Crippen molar-refractivity contribution in [2.75, 3.05) is 26.3 Å². The van der Waals surface area contributed by atoms with Gasteiger partial charge in [0.15, 0.2) is 5.54 Å². The molecule has 4 aromatic rings. The van der Waals surface area contributed by atoms with Gasteiger partial charge in [-0.25, -0.2) is 4.79 Å². The molecule has 2 N–H and O–H groups in total. The third-order valence-electron chi connectivity index (χ3n) is 10.3. The van der Waals surface area contributed by atoms with Crippen LogP contribution in [0.2, 0.25) is 0 Å². The zero-order valence-corrected chi connectivity index (χ0v) is 27.2. The summed E-state index contributed by atoms with van der Waals surface area (Å²) in [6.07, 6.45) is -17.8. The molecular formula is C35H30F9N3O5. The van der Waals surface area contributed by atoms with Gasteiger partial charge < -0.3 is 19.7 Å². The van der Waals surface area contributed by atoms with Crippen LogP contribution in [-0.2, 0) is 34.0 Å². The number of hydrogen-bond acceptors (Lipinski definition) is 5. The van der Waals surface area contributed by atoms with Gasteiger partial charge in [0.25, 0.3) is 5.56 Å². The number of piperidine rings is 1. The van der Waals surface area contributed by atoms with Gasteiger partial charge in [0, 0.05) is 31.9 Å². The highest BCUT2D eigenvalue weighted by atomic mass is 19.4. The van der Waals surface area contributed by atoms with Crippen molar-refractivity contribution in [3.63, 3.8) is 0 Å². The quantitative estimate of drug-likeness (QED) is 0.211. The number of aliphatic carboxylic acids is 1. The average molecular weight is 744 g/mol. The standard InChI is InChI=1S/C35H30F9N3O5/c1-46-25-11-3-2-7-23(25)27(33(36,37)38)26(28(46)48)22-10-5-8-20-19(6-4-9-21(20)22)16-24(29(49)50)45-30(51)31(34(39,40)41)12-14-47(15-13-31)32(17-52-18-32)35(42,43)44/h2-11,24H,12-18H2,1H3,(H,45,51)(H,49,50)/t24-/m0/s1. The first-order chi connectivity index (χ1) is 24.2. The van der Waals surface area contributed by atoms with Crippen LogP contribution in [0.15, 0.2) is 65.5 Å². The van der Waals surface area contributed by atoms with E-state index in [-0.39, 0.29) is 32.8 Å². The number of pyridine rings is 1. The van der Waals surface area contributed by atoms with Crippen LogP contribution >= 0.6 is 0 Å². The van der Waals surface area contributed by atoms with Crippen LogP contribution in [0.1, 0.15) is 24.0 Å². The molecule has 2 fully saturated rings. The number of alkyl halides is 9. The number of aromatic nitrogens is 1. The molecule has 2 aliphatic rings. The van der Waals surface area contributed by atoms with E-state index in [1.807, 2.05) is 5.32 Å². The third-order valence-corrected chi connectivity index (χ3v) is 10.3. The van der Waals surface area contributed by atoms with Crippen molar-refractivity contribution in [3.8, 4) is 11.1 Å². The second-order valence-corrected chi connectivity index (χ2v) is 13.1. The third kappa shape index (κ3) is 5.96. The first kappa shape index (κ1) is 37.1. The molecule has 6 rings (SSSR count). The topological polar surface area (TPSA) is 101 Å². The minimum absolute atomic E-state index is 0.0313. The smallest absolute Gasteiger partial charge is 0.417 e. The zero-order chi connectivity index (χ0) is 38.0. The highest BCUT2D eigenvalue weighted by Crippen LogP contribution is 2.50. The number of nitrogens with zero attached hydrogens (tertiary/aromatic N) is 2. The maximum Gasteiger partial charge on any atom is 0.417 e. The number of amides is 1. The lowest BCUT2D eigenvalue weighted by atomic mass is 9.74. The van der Waals surface area contributed by atoms with Crippen LogP contribution in [0.5, 0.6) is 0 Å². The van der Waals surface area contributed by atoms with E-state index in [9.17, 15) is 59.0 Å². The van der Waals surface area contributed by atoms with Crippen LogP contribution in [0, 0.1) is 5.41 Å². The number of benzene rings is 3. The number of fused-ring (bicyclic) bond motifs is 2. The van der Waals surface area contributed by atoms with Crippen molar-refractivity contribution in [2.24, 2.45) is 12.5 Å². The fourth-order valence-corrected chi connectivity index (χ4v) is 7.30. The average Bonchev–Trinajstić information content (AvgIpc) is 3.04. The molecule has 8 nitrogen and oxygen atoms in total. The molecule has 0 aliphatic carbocycles. The molecule has 1 atom stereocenters. The number of hydrogen-bond donors (Lipinski definition) is 2. The number of likely N-dealkylation sites (tertiary alicyclic amines) is 1. The van der Waals surface area contributed by atoms with E-state index in [0.717, 1.165) is 9.47 Å². The molecule has 0 saturated carbocycles. The Balaban J connectivity index is 1.35. The lowest BCUT2D eigenvalue weighted by Gasteiger charge is -2.53. The number of ether oxygens (including phenoxy) is 1. The molecule has 17 heteroatoms. The van der Waals surface area contributed by atoms with Gasteiger partial charge in [0.1, 0.15) is 11.5 Å². The molecule has 0 unspecified atom stereocenters. The summed E-state index contributed by atoms with van der Waals surface area (Å²) in [7, 11) is 1.32. The summed E-state index contributed by atoms with van der Waals surface area (Å²) >= 11 is 0. The number of nitrogens with one attached hydrogen (secondary N) is 1. The Morgan fingerprint density at radius 1 is 0.846 bits per heavy atom. The van der Waals surface area contributed by atoms with E-state index in [1.165, 1.54) is 67.7 Å². The Labute approximate surface area is 288 Å². The number of carbonyl (C=O) groups excluding carboxylic acids is 1. The summed E-state index contributed by atoms with van der Waals surface area (Å²) in [5.41, 5.74) is -8.50. The van der Waals surface area contributed by atoms with Crippen LogP contribution < -0.4 is 10.9 Å². The van der Waals surface area contributed by atoms with E-state index in [0.29, 0.717) is 0 Å². The van der Waals surface area contributed by atoms with Gasteiger partial charge in [-0.3, -0.25) is 14.5 Å². The predicted molar refractivity (Wildman–Crippen MR) is 169 cm³/mol. The largest absolute Gasteiger partial charge is 0.480 e. The van der Waals surface area contributed by atoms with Crippen molar-refractivity contribution < 1.29 is 58.9 Å². The molecule has 1 amide bonds. The van der Waals surface area contributed by atoms with Gasteiger partial charge >= 0.3 is 24.5 Å². The van der Waals surface area contributed by atoms with Gasteiger partial charge in [-0.2, -0.15) is 39.5 Å². The number of carboxylic acid groups (broad SMARTS) is 1. The summed E-state index contributed by atoms with van der Waals surface area (Å²) < 4.78 is 135. The number of carbonyl (C=O) groups is 2. The first-order valence-electron chi connectivity index (χ1n) is 15.9. The predicted octanol–water partition coefficient (Wildman–Crippen LogP) is 6.47. The molecular weight excluding hydrogens is 713 g/mol. The monoisotopic (exact) mass is 743 g/mol. The summed E-state index contributed by atoms with van der Waals surface area (Å²) in [5.74, 6) is -3.46. The molecule has 1 aromatic heterocycles. The molecule has 278 valence electrons. The molecule has 0 radical (unpaired) electrons. The van der Waals surface area contributed by atoms with Crippen LogP contribution in [-0.4, -0.2) is 76.7 Å². The van der Waals surface area contributed by atoms with Crippen LogP contribution in [0.25, 0.3) is 32.8 Å². The molecule has 2 aliphatic heterocycles. The number of rotatable bonds is 7.